The third-order valence-electron chi connectivity index (χ3n) is 4.97. The molecule has 4 aromatic rings. The highest BCUT2D eigenvalue weighted by molar-refractivity contribution is 7.99. The van der Waals surface area contributed by atoms with Crippen molar-refractivity contribution in [1.82, 2.24) is 20.2 Å². The summed E-state index contributed by atoms with van der Waals surface area (Å²) in [6.45, 7) is 0. The van der Waals surface area contributed by atoms with Gasteiger partial charge in [0.25, 0.3) is 5.91 Å². The van der Waals surface area contributed by atoms with Gasteiger partial charge in [0.05, 0.1) is 26.2 Å². The Morgan fingerprint density at radius 2 is 1.80 bits per heavy atom. The highest BCUT2D eigenvalue weighted by atomic mass is 32.2. The van der Waals surface area contributed by atoms with Crippen molar-refractivity contribution in [3.05, 3.63) is 78.4 Å². The lowest BCUT2D eigenvalue weighted by molar-refractivity contribution is -0.118. The quantitative estimate of drug-likeness (QED) is 0.208. The van der Waals surface area contributed by atoms with Gasteiger partial charge in [-0.3, -0.25) is 9.36 Å². The van der Waals surface area contributed by atoms with Gasteiger partial charge in [0.15, 0.2) is 22.5 Å². The van der Waals surface area contributed by atoms with E-state index >= 15 is 0 Å². The van der Waals surface area contributed by atoms with E-state index < -0.39 is 0 Å². The number of ether oxygens (including phenoxy) is 2. The van der Waals surface area contributed by atoms with Crippen molar-refractivity contribution in [2.24, 2.45) is 5.10 Å². The molecule has 35 heavy (non-hydrogen) atoms. The Morgan fingerprint density at radius 1 is 1.03 bits per heavy atom. The minimum atomic E-state index is -0.334. The lowest BCUT2D eigenvalue weighted by Gasteiger charge is -2.11. The second-order valence-electron chi connectivity index (χ2n) is 7.19. The summed E-state index contributed by atoms with van der Waals surface area (Å²) in [5.41, 5.74) is 4.62. The number of phenols is 1. The molecule has 0 unspecified atom stereocenters. The molecule has 9 nitrogen and oxygen atoms in total. The second-order valence-corrected chi connectivity index (χ2v) is 8.13. The second kappa shape index (κ2) is 11.2. The maximum absolute atomic E-state index is 12.4. The molecule has 0 saturated heterocycles. The maximum Gasteiger partial charge on any atom is 0.250 e. The van der Waals surface area contributed by atoms with Crippen LogP contribution in [0.3, 0.4) is 0 Å². The normalized spacial score (nSPS) is 10.9. The standard InChI is InChI=1S/C25H23N5O4S/c1-33-20-13-11-19(12-14-20)30-24(17-7-4-3-5-8-17)28-29-25(30)35-16-22(31)27-26-15-18-9-6-10-21(34-2)23(18)32/h3-15,32H,16H2,1-2H3,(H,27,31)/b26-15-. The molecule has 0 bridgehead atoms. The Kier molecular flexibility index (Phi) is 7.63. The first-order valence-corrected chi connectivity index (χ1v) is 11.5. The van der Waals surface area contributed by atoms with Gasteiger partial charge in [-0.05, 0) is 36.4 Å². The number of methoxy groups -OCH3 is 2. The Hall–Kier alpha value is -4.31. The van der Waals surface area contributed by atoms with E-state index in [1.165, 1.54) is 25.1 Å². The summed E-state index contributed by atoms with van der Waals surface area (Å²) < 4.78 is 12.2. The van der Waals surface area contributed by atoms with Crippen LogP contribution in [0.4, 0.5) is 0 Å². The van der Waals surface area contributed by atoms with Crippen molar-refractivity contribution in [2.75, 3.05) is 20.0 Å². The number of hydrogen-bond donors (Lipinski definition) is 2. The van der Waals surface area contributed by atoms with Gasteiger partial charge in [0, 0.05) is 16.8 Å². The predicted octanol–water partition coefficient (Wildman–Crippen LogP) is 3.90. The number of carbonyl (C=O) groups is 1. The molecule has 1 amide bonds. The summed E-state index contributed by atoms with van der Waals surface area (Å²) >= 11 is 1.23. The summed E-state index contributed by atoms with van der Waals surface area (Å²) in [5, 5.41) is 23.3. The zero-order valence-corrected chi connectivity index (χ0v) is 19.9. The van der Waals surface area contributed by atoms with E-state index in [1.807, 2.05) is 59.2 Å². The van der Waals surface area contributed by atoms with Crippen molar-refractivity contribution in [3.63, 3.8) is 0 Å². The third-order valence-corrected chi connectivity index (χ3v) is 5.90. The SMILES string of the molecule is COc1ccc(-n2c(SCC(=O)N/N=C\c3cccc(OC)c3O)nnc2-c2ccccc2)cc1. The summed E-state index contributed by atoms with van der Waals surface area (Å²) in [7, 11) is 3.07. The molecule has 0 radical (unpaired) electrons. The van der Waals surface area contributed by atoms with Crippen molar-refractivity contribution < 1.29 is 19.4 Å². The molecule has 0 saturated carbocycles. The minimum Gasteiger partial charge on any atom is -0.504 e. The zero-order chi connectivity index (χ0) is 24.6. The van der Waals surface area contributed by atoms with Crippen LogP contribution in [-0.4, -0.2) is 52.0 Å². The highest BCUT2D eigenvalue weighted by Crippen LogP contribution is 2.29. The van der Waals surface area contributed by atoms with Crippen LogP contribution in [0.1, 0.15) is 5.56 Å². The number of hydrogen-bond acceptors (Lipinski definition) is 8. The molecule has 1 aromatic heterocycles. The van der Waals surface area contributed by atoms with Crippen LogP contribution in [0, 0.1) is 0 Å². The lowest BCUT2D eigenvalue weighted by Crippen LogP contribution is -2.20. The Bertz CT molecular complexity index is 1320. The summed E-state index contributed by atoms with van der Waals surface area (Å²) in [4.78, 5) is 12.4. The number of phenolic OH excluding ortho intramolecular Hbond substituents is 1. The topological polar surface area (TPSA) is 111 Å². The molecule has 4 rings (SSSR count). The minimum absolute atomic E-state index is 0.0524. The smallest absolute Gasteiger partial charge is 0.250 e. The van der Waals surface area contributed by atoms with Crippen molar-refractivity contribution in [2.45, 2.75) is 5.16 Å². The molecule has 178 valence electrons. The van der Waals surface area contributed by atoms with Crippen LogP contribution >= 0.6 is 11.8 Å². The van der Waals surface area contributed by atoms with Gasteiger partial charge in [0.2, 0.25) is 0 Å². The molecule has 0 atom stereocenters. The van der Waals surface area contributed by atoms with Crippen LogP contribution in [0.2, 0.25) is 0 Å². The van der Waals surface area contributed by atoms with E-state index in [2.05, 4.69) is 20.7 Å². The molecule has 1 heterocycles. The fourth-order valence-corrected chi connectivity index (χ4v) is 3.99. The first-order valence-electron chi connectivity index (χ1n) is 10.6. The molecule has 0 aliphatic carbocycles. The van der Waals surface area contributed by atoms with E-state index in [4.69, 9.17) is 9.47 Å². The number of para-hydroxylation sites is 1. The molecule has 0 spiro atoms. The van der Waals surface area contributed by atoms with Crippen LogP contribution in [-0.2, 0) is 4.79 Å². The van der Waals surface area contributed by atoms with Crippen LogP contribution < -0.4 is 14.9 Å². The summed E-state index contributed by atoms with van der Waals surface area (Å²) in [6, 6.07) is 22.2. The fourth-order valence-electron chi connectivity index (χ4n) is 3.25. The summed E-state index contributed by atoms with van der Waals surface area (Å²) in [5.74, 6) is 1.39. The molecular weight excluding hydrogens is 466 g/mol. The number of nitrogens with zero attached hydrogens (tertiary/aromatic N) is 4. The van der Waals surface area contributed by atoms with Gasteiger partial charge in [-0.15, -0.1) is 10.2 Å². The average Bonchev–Trinajstić information content (AvgIpc) is 3.33. The van der Waals surface area contributed by atoms with Gasteiger partial charge in [-0.2, -0.15) is 5.10 Å². The van der Waals surface area contributed by atoms with Gasteiger partial charge < -0.3 is 14.6 Å². The van der Waals surface area contributed by atoms with Crippen LogP contribution in [0.25, 0.3) is 17.1 Å². The van der Waals surface area contributed by atoms with Crippen molar-refractivity contribution in [1.29, 1.82) is 0 Å². The lowest BCUT2D eigenvalue weighted by atomic mass is 10.2. The molecular formula is C25H23N5O4S. The Balaban J connectivity index is 1.50. The number of nitrogens with one attached hydrogen (secondary N) is 1. The predicted molar refractivity (Wildman–Crippen MR) is 134 cm³/mol. The first kappa shape index (κ1) is 23.8. The Morgan fingerprint density at radius 3 is 2.51 bits per heavy atom. The molecule has 0 aliphatic heterocycles. The third kappa shape index (κ3) is 5.61. The van der Waals surface area contributed by atoms with Crippen LogP contribution in [0.5, 0.6) is 17.2 Å². The van der Waals surface area contributed by atoms with Crippen LogP contribution in [0.15, 0.2) is 83.1 Å². The number of carbonyl (C=O) groups excluding carboxylic acids is 1. The van der Waals surface area contributed by atoms with Gasteiger partial charge in [0.1, 0.15) is 5.75 Å². The van der Waals surface area contributed by atoms with E-state index in [9.17, 15) is 9.90 Å². The number of amides is 1. The number of benzene rings is 3. The molecule has 0 aliphatic rings. The van der Waals surface area contributed by atoms with E-state index in [0.29, 0.717) is 22.3 Å². The molecule has 2 N–H and O–H groups in total. The van der Waals surface area contributed by atoms with Gasteiger partial charge >= 0.3 is 0 Å². The van der Waals surface area contributed by atoms with Crippen molar-refractivity contribution in [3.8, 4) is 34.3 Å². The number of aromatic nitrogens is 3. The van der Waals surface area contributed by atoms with Crippen molar-refractivity contribution >= 4 is 23.9 Å². The summed E-state index contributed by atoms with van der Waals surface area (Å²) in [6.07, 6.45) is 1.35. The maximum atomic E-state index is 12.4. The molecule has 3 aromatic carbocycles. The number of thioether (sulfide) groups is 1. The molecule has 0 fully saturated rings. The van der Waals surface area contributed by atoms with Gasteiger partial charge in [-0.25, -0.2) is 5.43 Å². The largest absolute Gasteiger partial charge is 0.504 e. The number of hydrazone groups is 1. The zero-order valence-electron chi connectivity index (χ0n) is 19.1. The van der Waals surface area contributed by atoms with E-state index in [-0.39, 0.29) is 17.4 Å². The fraction of sp³-hybridized carbons (Fsp3) is 0.120. The van der Waals surface area contributed by atoms with E-state index in [0.717, 1.165) is 17.0 Å². The van der Waals surface area contributed by atoms with E-state index in [1.54, 1.807) is 25.3 Å². The Labute approximate surface area is 206 Å². The van der Waals surface area contributed by atoms with Gasteiger partial charge in [-0.1, -0.05) is 48.2 Å². The molecule has 10 heteroatoms. The first-order chi connectivity index (χ1) is 17.1. The highest BCUT2D eigenvalue weighted by Gasteiger charge is 2.17. The average molecular weight is 490 g/mol. The number of aromatic hydroxyl groups is 1. The number of rotatable bonds is 9. The monoisotopic (exact) mass is 489 g/mol.